The van der Waals surface area contributed by atoms with Gasteiger partial charge in [-0.2, -0.15) is 0 Å². The fourth-order valence-corrected chi connectivity index (χ4v) is 2.12. The van der Waals surface area contributed by atoms with Crippen LogP contribution in [0.3, 0.4) is 0 Å². The fraction of sp³-hybridized carbons (Fsp3) is 0.0909. The number of carbonyl (C=O) groups excluding carboxylic acids is 1. The quantitative estimate of drug-likeness (QED) is 0.822. The summed E-state index contributed by atoms with van der Waals surface area (Å²) >= 11 is 7.20. The number of amides is 1. The molecular formula is C11H10ClN3OS. The molecular weight excluding hydrogens is 258 g/mol. The van der Waals surface area contributed by atoms with Crippen LogP contribution in [0.5, 0.6) is 0 Å². The normalized spacial score (nSPS) is 10.2. The molecule has 0 spiro atoms. The standard InChI is InChI=1S/C11H10ClN3OS/c1-6-14-5-10(17-6)11(16)15-7-2-3-9(13)8(12)4-7/h2-5H,13H2,1H3,(H,15,16). The van der Waals surface area contributed by atoms with E-state index in [0.717, 1.165) is 5.01 Å². The van der Waals surface area contributed by atoms with Gasteiger partial charge in [-0.1, -0.05) is 11.6 Å². The van der Waals surface area contributed by atoms with Crippen LogP contribution in [-0.4, -0.2) is 10.9 Å². The number of nitrogen functional groups attached to an aromatic ring is 1. The average molecular weight is 268 g/mol. The van der Waals surface area contributed by atoms with E-state index in [2.05, 4.69) is 10.3 Å². The summed E-state index contributed by atoms with van der Waals surface area (Å²) in [6.45, 7) is 1.85. The Labute approximate surface area is 107 Å². The Morgan fingerprint density at radius 3 is 2.88 bits per heavy atom. The zero-order valence-electron chi connectivity index (χ0n) is 9.03. The summed E-state index contributed by atoms with van der Waals surface area (Å²) in [5.41, 5.74) is 6.68. The minimum Gasteiger partial charge on any atom is -0.398 e. The molecule has 17 heavy (non-hydrogen) atoms. The summed E-state index contributed by atoms with van der Waals surface area (Å²) in [6, 6.07) is 4.96. The molecule has 2 rings (SSSR count). The van der Waals surface area contributed by atoms with Crippen LogP contribution in [0.1, 0.15) is 14.7 Å². The third-order valence-corrected chi connectivity index (χ3v) is 3.34. The SMILES string of the molecule is Cc1ncc(C(=O)Nc2ccc(N)c(Cl)c2)s1. The maximum atomic E-state index is 11.8. The summed E-state index contributed by atoms with van der Waals surface area (Å²) in [7, 11) is 0. The summed E-state index contributed by atoms with van der Waals surface area (Å²) < 4.78 is 0. The van der Waals surface area contributed by atoms with Crippen molar-refractivity contribution in [3.63, 3.8) is 0 Å². The molecule has 0 fully saturated rings. The number of nitrogens with one attached hydrogen (secondary N) is 1. The van der Waals surface area contributed by atoms with Crippen molar-refractivity contribution < 1.29 is 4.79 Å². The molecule has 0 radical (unpaired) electrons. The number of benzene rings is 1. The van der Waals surface area contributed by atoms with Gasteiger partial charge in [-0.15, -0.1) is 11.3 Å². The highest BCUT2D eigenvalue weighted by molar-refractivity contribution is 7.13. The van der Waals surface area contributed by atoms with Gasteiger partial charge in [-0.25, -0.2) is 4.98 Å². The van der Waals surface area contributed by atoms with E-state index in [9.17, 15) is 4.79 Å². The molecule has 4 nitrogen and oxygen atoms in total. The van der Waals surface area contributed by atoms with Crippen molar-refractivity contribution in [2.45, 2.75) is 6.92 Å². The Balaban J connectivity index is 2.15. The molecule has 3 N–H and O–H groups in total. The van der Waals surface area contributed by atoms with Gasteiger partial charge in [-0.3, -0.25) is 4.79 Å². The first kappa shape index (κ1) is 11.9. The van der Waals surface area contributed by atoms with Crippen molar-refractivity contribution in [2.75, 3.05) is 11.1 Å². The first-order valence-corrected chi connectivity index (χ1v) is 6.04. The summed E-state index contributed by atoms with van der Waals surface area (Å²) in [6.07, 6.45) is 1.55. The minimum atomic E-state index is -0.198. The molecule has 0 aliphatic carbocycles. The highest BCUT2D eigenvalue weighted by Gasteiger charge is 2.09. The second kappa shape index (κ2) is 4.73. The summed E-state index contributed by atoms with van der Waals surface area (Å²) in [5, 5.41) is 4.00. The lowest BCUT2D eigenvalue weighted by atomic mass is 10.3. The second-order valence-corrected chi connectivity index (χ2v) is 5.08. The van der Waals surface area contributed by atoms with Gasteiger partial charge in [0, 0.05) is 5.69 Å². The molecule has 0 aliphatic heterocycles. The number of thiazole rings is 1. The number of aryl methyl sites for hydroxylation is 1. The number of rotatable bonds is 2. The highest BCUT2D eigenvalue weighted by atomic mass is 35.5. The molecule has 0 aliphatic rings. The van der Waals surface area contributed by atoms with Gasteiger partial charge in [0.15, 0.2) is 0 Å². The van der Waals surface area contributed by atoms with E-state index in [1.165, 1.54) is 11.3 Å². The third kappa shape index (κ3) is 2.75. The van der Waals surface area contributed by atoms with Gasteiger partial charge in [0.25, 0.3) is 5.91 Å². The first-order valence-electron chi connectivity index (χ1n) is 4.85. The average Bonchev–Trinajstić information content (AvgIpc) is 2.70. The van der Waals surface area contributed by atoms with Gasteiger partial charge in [0.1, 0.15) is 4.88 Å². The van der Waals surface area contributed by atoms with Crippen LogP contribution in [0, 0.1) is 6.92 Å². The molecule has 6 heteroatoms. The van der Waals surface area contributed by atoms with Gasteiger partial charge in [0.2, 0.25) is 0 Å². The van der Waals surface area contributed by atoms with Gasteiger partial charge < -0.3 is 11.1 Å². The Morgan fingerprint density at radius 1 is 1.53 bits per heavy atom. The van der Waals surface area contributed by atoms with Crippen molar-refractivity contribution in [2.24, 2.45) is 0 Å². The monoisotopic (exact) mass is 267 g/mol. The predicted molar refractivity (Wildman–Crippen MR) is 70.7 cm³/mol. The van der Waals surface area contributed by atoms with Gasteiger partial charge >= 0.3 is 0 Å². The third-order valence-electron chi connectivity index (χ3n) is 2.10. The van der Waals surface area contributed by atoms with Crippen molar-refractivity contribution in [1.29, 1.82) is 0 Å². The number of anilines is 2. The zero-order chi connectivity index (χ0) is 12.4. The second-order valence-electron chi connectivity index (χ2n) is 3.43. The molecule has 0 bridgehead atoms. The van der Waals surface area contributed by atoms with E-state index in [-0.39, 0.29) is 5.91 Å². The number of nitrogens with two attached hydrogens (primary N) is 1. The topological polar surface area (TPSA) is 68.0 Å². The molecule has 88 valence electrons. The molecule has 1 aromatic heterocycles. The number of hydrogen-bond donors (Lipinski definition) is 2. The predicted octanol–water partition coefficient (Wildman–Crippen LogP) is 2.94. The lowest BCUT2D eigenvalue weighted by Crippen LogP contribution is -2.10. The van der Waals surface area contributed by atoms with Gasteiger partial charge in [-0.05, 0) is 25.1 Å². The molecule has 2 aromatic rings. The van der Waals surface area contributed by atoms with E-state index < -0.39 is 0 Å². The summed E-state index contributed by atoms with van der Waals surface area (Å²) in [5.74, 6) is -0.198. The Hall–Kier alpha value is -1.59. The van der Waals surface area contributed by atoms with Crippen LogP contribution in [-0.2, 0) is 0 Å². The van der Waals surface area contributed by atoms with Crippen molar-refractivity contribution in [1.82, 2.24) is 4.98 Å². The molecule has 0 atom stereocenters. The summed E-state index contributed by atoms with van der Waals surface area (Å²) in [4.78, 5) is 16.4. The van der Waals surface area contributed by atoms with Crippen LogP contribution < -0.4 is 11.1 Å². The number of halogens is 1. The molecule has 1 heterocycles. The van der Waals surface area contributed by atoms with Crippen molar-refractivity contribution >= 4 is 40.2 Å². The van der Waals surface area contributed by atoms with E-state index >= 15 is 0 Å². The fourth-order valence-electron chi connectivity index (χ4n) is 1.26. The molecule has 0 saturated heterocycles. The lowest BCUT2D eigenvalue weighted by molar-refractivity contribution is 0.103. The number of nitrogens with zero attached hydrogens (tertiary/aromatic N) is 1. The van der Waals surface area contributed by atoms with Crippen LogP contribution in [0.15, 0.2) is 24.4 Å². The maximum Gasteiger partial charge on any atom is 0.267 e. The lowest BCUT2D eigenvalue weighted by Gasteiger charge is -2.05. The maximum absolute atomic E-state index is 11.8. The number of aromatic nitrogens is 1. The van der Waals surface area contributed by atoms with Crippen molar-refractivity contribution in [3.8, 4) is 0 Å². The molecule has 1 aromatic carbocycles. The Morgan fingerprint density at radius 2 is 2.29 bits per heavy atom. The molecule has 0 saturated carbocycles. The highest BCUT2D eigenvalue weighted by Crippen LogP contribution is 2.23. The zero-order valence-corrected chi connectivity index (χ0v) is 10.6. The molecule has 0 unspecified atom stereocenters. The van der Waals surface area contributed by atoms with E-state index in [1.54, 1.807) is 24.4 Å². The van der Waals surface area contributed by atoms with Crippen molar-refractivity contribution in [3.05, 3.63) is 39.3 Å². The van der Waals surface area contributed by atoms with Crippen LogP contribution >= 0.6 is 22.9 Å². The first-order chi connectivity index (χ1) is 8.06. The smallest absolute Gasteiger partial charge is 0.267 e. The Bertz CT molecular complexity index is 568. The van der Waals surface area contributed by atoms with Gasteiger partial charge in [0.05, 0.1) is 21.9 Å². The largest absolute Gasteiger partial charge is 0.398 e. The van der Waals surface area contributed by atoms with E-state index in [4.69, 9.17) is 17.3 Å². The van der Waals surface area contributed by atoms with E-state index in [1.807, 2.05) is 6.92 Å². The van der Waals surface area contributed by atoms with Crippen LogP contribution in [0.2, 0.25) is 5.02 Å². The number of carbonyl (C=O) groups is 1. The van der Waals surface area contributed by atoms with Crippen LogP contribution in [0.25, 0.3) is 0 Å². The Kier molecular flexibility index (Phi) is 3.31. The van der Waals surface area contributed by atoms with E-state index in [0.29, 0.717) is 21.3 Å². The number of hydrogen-bond acceptors (Lipinski definition) is 4. The van der Waals surface area contributed by atoms with Crippen LogP contribution in [0.4, 0.5) is 11.4 Å². The molecule has 1 amide bonds. The minimum absolute atomic E-state index is 0.198.